The molecule has 0 spiro atoms. The molecule has 5 rings (SSSR count). The molecular weight excluding hydrogens is 460 g/mol. The van der Waals surface area contributed by atoms with Gasteiger partial charge in [-0.2, -0.15) is 28.8 Å². The summed E-state index contributed by atoms with van der Waals surface area (Å²) in [5.74, 6) is 0. The van der Waals surface area contributed by atoms with Crippen LogP contribution in [0, 0.1) is 20.8 Å². The van der Waals surface area contributed by atoms with Crippen LogP contribution in [-0.2, 0) is 0 Å². The van der Waals surface area contributed by atoms with Gasteiger partial charge in [-0.25, -0.2) is 0 Å². The minimum Gasteiger partial charge on any atom is -0.195 e. The minimum absolute atomic E-state index is 0.885. The summed E-state index contributed by atoms with van der Waals surface area (Å²) in [6, 6.07) is 10.3. The van der Waals surface area contributed by atoms with E-state index in [0.29, 0.717) is 0 Å². The van der Waals surface area contributed by atoms with E-state index in [2.05, 4.69) is 44.0 Å². The average Bonchev–Trinajstić information content (AvgIpc) is 3.22. The van der Waals surface area contributed by atoms with E-state index in [1.807, 2.05) is 52.5 Å². The zero-order valence-electron chi connectivity index (χ0n) is 14.3. The van der Waals surface area contributed by atoms with E-state index in [-0.39, 0.29) is 0 Å². The molecule has 0 aliphatic carbocycles. The summed E-state index contributed by atoms with van der Waals surface area (Å²) in [4.78, 5) is 0. The quantitative estimate of drug-likeness (QED) is 0.353. The lowest BCUT2D eigenvalue weighted by atomic mass is 10.1. The Bertz CT molecular complexity index is 1290. The first-order valence-corrected chi connectivity index (χ1v) is 9.74. The lowest BCUT2D eigenvalue weighted by Crippen LogP contribution is -2.06. The van der Waals surface area contributed by atoms with Crippen LogP contribution >= 0.6 is 31.9 Å². The molecule has 0 saturated heterocycles. The van der Waals surface area contributed by atoms with E-state index in [1.165, 1.54) is 0 Å². The summed E-state index contributed by atoms with van der Waals surface area (Å²) in [5, 5.41) is 14.3. The van der Waals surface area contributed by atoms with Gasteiger partial charge < -0.3 is 0 Å². The average molecular weight is 474 g/mol. The van der Waals surface area contributed by atoms with Crippen molar-refractivity contribution < 1.29 is 0 Å². The monoisotopic (exact) mass is 472 g/mol. The number of hydrogen-bond donors (Lipinski definition) is 0. The number of fused-ring (bicyclic) bond motifs is 6. The fraction of sp³-hybridized carbons (Fsp3) is 0.167. The third-order valence-corrected chi connectivity index (χ3v) is 6.49. The maximum Gasteiger partial charge on any atom is 0.175 e. The van der Waals surface area contributed by atoms with Crippen molar-refractivity contribution in [1.82, 2.24) is 28.8 Å². The molecule has 0 aliphatic rings. The van der Waals surface area contributed by atoms with Crippen molar-refractivity contribution in [2.45, 2.75) is 20.8 Å². The van der Waals surface area contributed by atoms with Gasteiger partial charge in [-0.3, -0.25) is 0 Å². The molecule has 0 bridgehead atoms. The first kappa shape index (κ1) is 16.0. The maximum absolute atomic E-state index is 4.83. The Kier molecular flexibility index (Phi) is 3.33. The fourth-order valence-corrected chi connectivity index (χ4v) is 4.28. The summed E-state index contributed by atoms with van der Waals surface area (Å²) in [5.41, 5.74) is 7.63. The van der Waals surface area contributed by atoms with E-state index in [1.54, 1.807) is 0 Å². The zero-order valence-corrected chi connectivity index (χ0v) is 17.5. The molecule has 0 aliphatic heterocycles. The van der Waals surface area contributed by atoms with Crippen LogP contribution in [0.2, 0.25) is 0 Å². The summed E-state index contributed by atoms with van der Waals surface area (Å²) in [6.07, 6.45) is 0. The number of aromatic nitrogens is 6. The van der Waals surface area contributed by atoms with Gasteiger partial charge >= 0.3 is 0 Å². The van der Waals surface area contributed by atoms with Crippen LogP contribution in [-0.4, -0.2) is 28.8 Å². The van der Waals surface area contributed by atoms with Crippen molar-refractivity contribution in [1.29, 1.82) is 0 Å². The van der Waals surface area contributed by atoms with E-state index in [4.69, 9.17) is 15.3 Å². The Balaban J connectivity index is 2.13. The highest BCUT2D eigenvalue weighted by atomic mass is 79.9. The second-order valence-electron chi connectivity index (χ2n) is 6.33. The Morgan fingerprint density at radius 1 is 0.654 bits per heavy atom. The Hall–Kier alpha value is -2.19. The Morgan fingerprint density at radius 3 is 1.65 bits per heavy atom. The standard InChI is InChI=1S/C18H14Br2N6/c1-9-13(12-7-5-4-6-8-12)16-24(21-9)17-15(20)11(3)23-26(17)18-14(19)10(2)22-25(16)18/h4-8H,1-3H3. The Morgan fingerprint density at radius 2 is 1.12 bits per heavy atom. The van der Waals surface area contributed by atoms with Crippen molar-refractivity contribution in [2.24, 2.45) is 0 Å². The van der Waals surface area contributed by atoms with Gasteiger partial charge in [0.2, 0.25) is 0 Å². The predicted octanol–water partition coefficient (Wildman–Crippen LogP) is 4.75. The first-order chi connectivity index (χ1) is 12.5. The van der Waals surface area contributed by atoms with Crippen molar-refractivity contribution in [3.05, 3.63) is 56.4 Å². The first-order valence-electron chi connectivity index (χ1n) is 8.15. The van der Waals surface area contributed by atoms with Crippen LogP contribution in [0.25, 0.3) is 28.1 Å². The number of benzene rings is 1. The lowest BCUT2D eigenvalue weighted by Gasteiger charge is -2.06. The molecule has 8 heteroatoms. The molecular formula is C18H14Br2N6. The van der Waals surface area contributed by atoms with Crippen LogP contribution in [0.15, 0.2) is 39.3 Å². The van der Waals surface area contributed by atoms with Gasteiger partial charge in [-0.15, -0.1) is 0 Å². The van der Waals surface area contributed by atoms with Gasteiger partial charge in [0, 0.05) is 5.56 Å². The van der Waals surface area contributed by atoms with Gasteiger partial charge in [0.05, 0.1) is 26.0 Å². The maximum atomic E-state index is 4.83. The molecule has 26 heavy (non-hydrogen) atoms. The van der Waals surface area contributed by atoms with E-state index >= 15 is 0 Å². The summed E-state index contributed by atoms with van der Waals surface area (Å²) >= 11 is 7.38. The van der Waals surface area contributed by atoms with Gasteiger partial charge in [-0.05, 0) is 58.2 Å². The number of halogens is 2. The number of hydrogen-bond acceptors (Lipinski definition) is 3. The zero-order chi connectivity index (χ0) is 18.2. The van der Waals surface area contributed by atoms with E-state index < -0.39 is 0 Å². The fourth-order valence-electron chi connectivity index (χ4n) is 3.45. The molecule has 0 atom stereocenters. The van der Waals surface area contributed by atoms with Crippen molar-refractivity contribution >= 4 is 48.8 Å². The SMILES string of the molecule is Cc1nn2c(c1Br)n1nc(C)c(Br)c1n1nc(C)c(-c3ccccc3)c21. The summed E-state index contributed by atoms with van der Waals surface area (Å²) in [7, 11) is 0. The van der Waals surface area contributed by atoms with Gasteiger partial charge in [0.15, 0.2) is 16.9 Å². The molecule has 130 valence electrons. The molecule has 5 aromatic rings. The van der Waals surface area contributed by atoms with Crippen molar-refractivity contribution in [2.75, 3.05) is 0 Å². The van der Waals surface area contributed by atoms with Gasteiger partial charge in [0.25, 0.3) is 0 Å². The molecule has 0 radical (unpaired) electrons. The van der Waals surface area contributed by atoms with Crippen LogP contribution in [0.1, 0.15) is 17.1 Å². The molecule has 4 aromatic heterocycles. The van der Waals surface area contributed by atoms with E-state index in [9.17, 15) is 0 Å². The number of rotatable bonds is 1. The highest BCUT2D eigenvalue weighted by Gasteiger charge is 2.24. The Labute approximate surface area is 165 Å². The predicted molar refractivity (Wildman–Crippen MR) is 108 cm³/mol. The molecule has 0 saturated carbocycles. The molecule has 0 amide bonds. The molecule has 1 aromatic carbocycles. The lowest BCUT2D eigenvalue weighted by molar-refractivity contribution is 0.815. The topological polar surface area (TPSA) is 51.9 Å². The summed E-state index contributed by atoms with van der Waals surface area (Å²) < 4.78 is 7.59. The van der Waals surface area contributed by atoms with Crippen LogP contribution < -0.4 is 0 Å². The molecule has 6 nitrogen and oxygen atoms in total. The molecule has 0 N–H and O–H groups in total. The van der Waals surface area contributed by atoms with Crippen LogP contribution in [0.5, 0.6) is 0 Å². The second kappa shape index (κ2) is 5.40. The highest BCUT2D eigenvalue weighted by Crippen LogP contribution is 2.34. The van der Waals surface area contributed by atoms with Crippen LogP contribution in [0.4, 0.5) is 0 Å². The second-order valence-corrected chi connectivity index (χ2v) is 7.92. The van der Waals surface area contributed by atoms with Crippen LogP contribution in [0.3, 0.4) is 0 Å². The molecule has 0 fully saturated rings. The highest BCUT2D eigenvalue weighted by molar-refractivity contribution is 9.11. The largest absolute Gasteiger partial charge is 0.195 e. The normalized spacial score (nSPS) is 12.0. The van der Waals surface area contributed by atoms with Gasteiger partial charge in [-0.1, -0.05) is 30.3 Å². The van der Waals surface area contributed by atoms with Crippen molar-refractivity contribution in [3.8, 4) is 11.1 Å². The number of aryl methyl sites for hydroxylation is 3. The minimum atomic E-state index is 0.885. The third-order valence-electron chi connectivity index (χ3n) is 4.63. The summed E-state index contributed by atoms with van der Waals surface area (Å²) in [6.45, 7) is 5.99. The molecule has 4 heterocycles. The molecule has 0 unspecified atom stereocenters. The van der Waals surface area contributed by atoms with E-state index in [0.717, 1.165) is 54.1 Å². The third kappa shape index (κ3) is 1.94. The smallest absolute Gasteiger partial charge is 0.175 e. The number of nitrogens with zero attached hydrogens (tertiary/aromatic N) is 6. The van der Waals surface area contributed by atoms with Crippen molar-refractivity contribution in [3.63, 3.8) is 0 Å². The van der Waals surface area contributed by atoms with Gasteiger partial charge in [0.1, 0.15) is 0 Å².